The first-order valence-electron chi connectivity index (χ1n) is 4.53. The molecule has 0 spiro atoms. The molecule has 0 saturated heterocycles. The molecule has 1 aliphatic carbocycles. The first-order chi connectivity index (χ1) is 5.81. The Morgan fingerprint density at radius 3 is 3.33 bits per heavy atom. The standard InChI is InChI=1S/C9H14N2O/c1-2-11-9-4-3-8(12)5-7(9)6-10-11/h6,8,12H,2-5H2,1H3/t8-/m1/s1. The van der Waals surface area contributed by atoms with Crippen molar-refractivity contribution in [1.29, 1.82) is 0 Å². The molecule has 1 aromatic rings. The molecule has 2 rings (SSSR count). The van der Waals surface area contributed by atoms with Crippen molar-refractivity contribution in [2.45, 2.75) is 38.8 Å². The summed E-state index contributed by atoms with van der Waals surface area (Å²) in [6.45, 7) is 3.03. The van der Waals surface area contributed by atoms with E-state index in [-0.39, 0.29) is 6.10 Å². The van der Waals surface area contributed by atoms with Crippen LogP contribution >= 0.6 is 0 Å². The number of aliphatic hydroxyl groups is 1. The fourth-order valence-corrected chi connectivity index (χ4v) is 1.84. The largest absolute Gasteiger partial charge is 0.393 e. The average Bonchev–Trinajstić information content (AvgIpc) is 2.46. The summed E-state index contributed by atoms with van der Waals surface area (Å²) in [5.41, 5.74) is 2.55. The summed E-state index contributed by atoms with van der Waals surface area (Å²) >= 11 is 0. The minimum atomic E-state index is -0.146. The predicted octanol–water partition coefficient (Wildman–Crippen LogP) is 0.753. The van der Waals surface area contributed by atoms with E-state index < -0.39 is 0 Å². The fourth-order valence-electron chi connectivity index (χ4n) is 1.84. The minimum Gasteiger partial charge on any atom is -0.393 e. The summed E-state index contributed by atoms with van der Waals surface area (Å²) in [5.74, 6) is 0. The molecule has 3 nitrogen and oxygen atoms in total. The highest BCUT2D eigenvalue weighted by atomic mass is 16.3. The molecule has 3 heteroatoms. The topological polar surface area (TPSA) is 38.0 Å². The molecule has 0 saturated carbocycles. The van der Waals surface area contributed by atoms with Crippen molar-refractivity contribution in [3.63, 3.8) is 0 Å². The minimum absolute atomic E-state index is 0.146. The van der Waals surface area contributed by atoms with Crippen molar-refractivity contribution >= 4 is 0 Å². The quantitative estimate of drug-likeness (QED) is 0.668. The van der Waals surface area contributed by atoms with Gasteiger partial charge in [0.15, 0.2) is 0 Å². The van der Waals surface area contributed by atoms with Gasteiger partial charge >= 0.3 is 0 Å². The van der Waals surface area contributed by atoms with Crippen molar-refractivity contribution in [1.82, 2.24) is 9.78 Å². The highest BCUT2D eigenvalue weighted by Crippen LogP contribution is 2.20. The maximum absolute atomic E-state index is 9.40. The molecule has 12 heavy (non-hydrogen) atoms. The molecule has 1 heterocycles. The van der Waals surface area contributed by atoms with E-state index in [4.69, 9.17) is 0 Å². The second kappa shape index (κ2) is 2.90. The van der Waals surface area contributed by atoms with Gasteiger partial charge < -0.3 is 5.11 Å². The Hall–Kier alpha value is -0.830. The first kappa shape index (κ1) is 7.80. The molecular weight excluding hydrogens is 152 g/mol. The van der Waals surface area contributed by atoms with Crippen LogP contribution in [0, 0.1) is 0 Å². The van der Waals surface area contributed by atoms with Crippen molar-refractivity contribution in [3.8, 4) is 0 Å². The van der Waals surface area contributed by atoms with E-state index in [2.05, 4.69) is 12.0 Å². The molecular formula is C9H14N2O. The van der Waals surface area contributed by atoms with Gasteiger partial charge in [-0.2, -0.15) is 5.10 Å². The third kappa shape index (κ3) is 1.14. The van der Waals surface area contributed by atoms with Crippen LogP contribution in [0.2, 0.25) is 0 Å². The molecule has 0 bridgehead atoms. The molecule has 1 N–H and O–H groups in total. The smallest absolute Gasteiger partial charge is 0.0585 e. The van der Waals surface area contributed by atoms with E-state index in [9.17, 15) is 5.11 Å². The molecule has 1 aromatic heterocycles. The van der Waals surface area contributed by atoms with Gasteiger partial charge in [-0.3, -0.25) is 4.68 Å². The summed E-state index contributed by atoms with van der Waals surface area (Å²) in [4.78, 5) is 0. The molecule has 0 unspecified atom stereocenters. The van der Waals surface area contributed by atoms with Crippen molar-refractivity contribution < 1.29 is 5.11 Å². The Kier molecular flexibility index (Phi) is 1.89. The number of aryl methyl sites for hydroxylation is 1. The lowest BCUT2D eigenvalue weighted by atomic mass is 9.96. The second-order valence-corrected chi connectivity index (χ2v) is 3.33. The van der Waals surface area contributed by atoms with E-state index in [0.29, 0.717) is 0 Å². The summed E-state index contributed by atoms with van der Waals surface area (Å²) in [5, 5.41) is 13.7. The Bertz CT molecular complexity index is 280. The normalized spacial score (nSPS) is 22.3. The molecule has 0 radical (unpaired) electrons. The molecule has 0 aliphatic heterocycles. The Labute approximate surface area is 72.0 Å². The number of fused-ring (bicyclic) bond motifs is 1. The lowest BCUT2D eigenvalue weighted by Crippen LogP contribution is -2.19. The van der Waals surface area contributed by atoms with Crippen LogP contribution < -0.4 is 0 Å². The zero-order valence-electron chi connectivity index (χ0n) is 7.32. The highest BCUT2D eigenvalue weighted by molar-refractivity contribution is 5.21. The van der Waals surface area contributed by atoms with E-state index in [1.54, 1.807) is 0 Å². The number of aliphatic hydroxyl groups excluding tert-OH is 1. The number of aromatic nitrogens is 2. The average molecular weight is 166 g/mol. The molecule has 1 atom stereocenters. The van der Waals surface area contributed by atoms with Crippen LogP contribution in [-0.4, -0.2) is 21.0 Å². The van der Waals surface area contributed by atoms with E-state index in [0.717, 1.165) is 25.8 Å². The Morgan fingerprint density at radius 2 is 2.58 bits per heavy atom. The van der Waals surface area contributed by atoms with E-state index in [1.807, 2.05) is 10.9 Å². The highest BCUT2D eigenvalue weighted by Gasteiger charge is 2.19. The summed E-state index contributed by atoms with van der Waals surface area (Å²) in [6, 6.07) is 0. The fraction of sp³-hybridized carbons (Fsp3) is 0.667. The Morgan fingerprint density at radius 1 is 1.75 bits per heavy atom. The van der Waals surface area contributed by atoms with Crippen molar-refractivity contribution in [2.24, 2.45) is 0 Å². The van der Waals surface area contributed by atoms with Crippen LogP contribution in [-0.2, 0) is 19.4 Å². The van der Waals surface area contributed by atoms with Crippen LogP contribution in [0.1, 0.15) is 24.6 Å². The van der Waals surface area contributed by atoms with Crippen LogP contribution in [0.15, 0.2) is 6.20 Å². The lowest BCUT2D eigenvalue weighted by molar-refractivity contribution is 0.157. The van der Waals surface area contributed by atoms with Gasteiger partial charge in [-0.1, -0.05) is 0 Å². The third-order valence-corrected chi connectivity index (χ3v) is 2.50. The lowest BCUT2D eigenvalue weighted by Gasteiger charge is -2.17. The second-order valence-electron chi connectivity index (χ2n) is 3.33. The van der Waals surface area contributed by atoms with E-state index in [1.165, 1.54) is 11.3 Å². The predicted molar refractivity (Wildman–Crippen MR) is 45.9 cm³/mol. The van der Waals surface area contributed by atoms with Gasteiger partial charge in [0.1, 0.15) is 0 Å². The maximum atomic E-state index is 9.40. The molecule has 0 aromatic carbocycles. The van der Waals surface area contributed by atoms with Gasteiger partial charge in [-0.15, -0.1) is 0 Å². The number of rotatable bonds is 1. The zero-order valence-corrected chi connectivity index (χ0v) is 7.32. The van der Waals surface area contributed by atoms with Gasteiger partial charge in [0, 0.05) is 18.7 Å². The van der Waals surface area contributed by atoms with Crippen LogP contribution in [0.25, 0.3) is 0 Å². The summed E-state index contributed by atoms with van der Waals surface area (Å²) < 4.78 is 2.03. The summed E-state index contributed by atoms with van der Waals surface area (Å²) in [7, 11) is 0. The number of nitrogens with zero attached hydrogens (tertiary/aromatic N) is 2. The van der Waals surface area contributed by atoms with Gasteiger partial charge in [0.25, 0.3) is 0 Å². The van der Waals surface area contributed by atoms with Gasteiger partial charge in [0.05, 0.1) is 12.3 Å². The third-order valence-electron chi connectivity index (χ3n) is 2.50. The van der Waals surface area contributed by atoms with Crippen molar-refractivity contribution in [3.05, 3.63) is 17.5 Å². The molecule has 0 fully saturated rings. The SMILES string of the molecule is CCn1ncc2c1CC[C@@H](O)C2. The summed E-state index contributed by atoms with van der Waals surface area (Å²) in [6.07, 6.45) is 4.39. The first-order valence-corrected chi connectivity index (χ1v) is 4.53. The van der Waals surface area contributed by atoms with Gasteiger partial charge in [0.2, 0.25) is 0 Å². The van der Waals surface area contributed by atoms with Crippen LogP contribution in [0.4, 0.5) is 0 Å². The Balaban J connectivity index is 2.32. The van der Waals surface area contributed by atoms with Crippen LogP contribution in [0.3, 0.4) is 0 Å². The monoisotopic (exact) mass is 166 g/mol. The van der Waals surface area contributed by atoms with Crippen LogP contribution in [0.5, 0.6) is 0 Å². The van der Waals surface area contributed by atoms with E-state index >= 15 is 0 Å². The van der Waals surface area contributed by atoms with Crippen molar-refractivity contribution in [2.75, 3.05) is 0 Å². The number of hydrogen-bond donors (Lipinski definition) is 1. The number of hydrogen-bond acceptors (Lipinski definition) is 2. The molecule has 0 amide bonds. The van der Waals surface area contributed by atoms with Gasteiger partial charge in [-0.05, 0) is 25.3 Å². The molecule has 66 valence electrons. The molecule has 1 aliphatic rings. The van der Waals surface area contributed by atoms with Gasteiger partial charge in [-0.25, -0.2) is 0 Å². The maximum Gasteiger partial charge on any atom is 0.0585 e. The zero-order chi connectivity index (χ0) is 8.55.